The Morgan fingerprint density at radius 3 is 2.89 bits per heavy atom. The van der Waals surface area contributed by atoms with E-state index in [1.54, 1.807) is 6.20 Å². The van der Waals surface area contributed by atoms with E-state index in [0.29, 0.717) is 23.7 Å². The molecule has 0 saturated carbocycles. The first-order chi connectivity index (χ1) is 8.67. The van der Waals surface area contributed by atoms with Crippen molar-refractivity contribution < 1.29 is 9.00 Å². The Labute approximate surface area is 108 Å². The zero-order valence-corrected chi connectivity index (χ0v) is 10.9. The van der Waals surface area contributed by atoms with Crippen LogP contribution in [0.25, 0.3) is 0 Å². The van der Waals surface area contributed by atoms with Gasteiger partial charge in [0.25, 0.3) is 0 Å². The molecule has 100 valence electrons. The van der Waals surface area contributed by atoms with Crippen LogP contribution in [0.4, 0.5) is 0 Å². The SMILES string of the molecule is NCc1cn(CC(=O)NC2CCS(=O)CC2)nn1. The molecule has 2 heterocycles. The molecule has 7 nitrogen and oxygen atoms in total. The minimum absolute atomic E-state index is 0.0962. The summed E-state index contributed by atoms with van der Waals surface area (Å²) < 4.78 is 12.7. The van der Waals surface area contributed by atoms with Gasteiger partial charge in [-0.05, 0) is 12.8 Å². The average molecular weight is 271 g/mol. The standard InChI is InChI=1S/C10H17N5O2S/c11-5-9-6-15(14-13-9)7-10(16)12-8-1-3-18(17)4-2-8/h6,8H,1-5,7,11H2,(H,12,16). The maximum Gasteiger partial charge on any atom is 0.242 e. The van der Waals surface area contributed by atoms with Crippen LogP contribution in [0.3, 0.4) is 0 Å². The molecule has 0 aliphatic carbocycles. The van der Waals surface area contributed by atoms with Crippen molar-refractivity contribution in [2.24, 2.45) is 5.73 Å². The maximum absolute atomic E-state index is 11.8. The normalized spacial score (nSPS) is 23.8. The van der Waals surface area contributed by atoms with Crippen molar-refractivity contribution in [2.75, 3.05) is 11.5 Å². The van der Waals surface area contributed by atoms with E-state index in [4.69, 9.17) is 5.73 Å². The monoisotopic (exact) mass is 271 g/mol. The molecule has 18 heavy (non-hydrogen) atoms. The number of amides is 1. The van der Waals surface area contributed by atoms with Crippen molar-refractivity contribution in [3.63, 3.8) is 0 Å². The molecule has 0 atom stereocenters. The van der Waals surface area contributed by atoms with E-state index in [1.807, 2.05) is 0 Å². The molecular weight excluding hydrogens is 254 g/mol. The highest BCUT2D eigenvalue weighted by atomic mass is 32.2. The fraction of sp³-hybridized carbons (Fsp3) is 0.700. The van der Waals surface area contributed by atoms with E-state index in [9.17, 15) is 9.00 Å². The molecule has 1 saturated heterocycles. The smallest absolute Gasteiger partial charge is 0.242 e. The summed E-state index contributed by atoms with van der Waals surface area (Å²) in [5, 5.41) is 10.5. The average Bonchev–Trinajstić information content (AvgIpc) is 2.79. The van der Waals surface area contributed by atoms with E-state index in [1.165, 1.54) is 4.68 Å². The Morgan fingerprint density at radius 2 is 2.28 bits per heavy atom. The second-order valence-electron chi connectivity index (χ2n) is 4.30. The lowest BCUT2D eigenvalue weighted by molar-refractivity contribution is -0.122. The second kappa shape index (κ2) is 6.05. The molecular formula is C10H17N5O2S. The molecule has 3 N–H and O–H groups in total. The molecule has 1 aliphatic rings. The first kappa shape index (κ1) is 13.2. The third-order valence-corrected chi connectivity index (χ3v) is 4.24. The lowest BCUT2D eigenvalue weighted by atomic mass is 10.1. The molecule has 2 rings (SSSR count). The summed E-state index contributed by atoms with van der Waals surface area (Å²) in [5.74, 6) is 1.25. The Bertz CT molecular complexity index is 437. The van der Waals surface area contributed by atoms with Gasteiger partial charge in [0, 0.05) is 34.9 Å². The van der Waals surface area contributed by atoms with Gasteiger partial charge >= 0.3 is 0 Å². The van der Waals surface area contributed by atoms with Crippen molar-refractivity contribution in [2.45, 2.75) is 32.0 Å². The lowest BCUT2D eigenvalue weighted by Gasteiger charge is -2.22. The molecule has 1 fully saturated rings. The molecule has 1 aromatic heterocycles. The summed E-state index contributed by atoms with van der Waals surface area (Å²) in [6, 6.07) is 0.132. The highest BCUT2D eigenvalue weighted by Crippen LogP contribution is 2.08. The Morgan fingerprint density at radius 1 is 1.56 bits per heavy atom. The van der Waals surface area contributed by atoms with Gasteiger partial charge in [0.1, 0.15) is 6.54 Å². The zero-order chi connectivity index (χ0) is 13.0. The van der Waals surface area contributed by atoms with E-state index < -0.39 is 10.8 Å². The molecule has 1 amide bonds. The van der Waals surface area contributed by atoms with Crippen molar-refractivity contribution in [1.82, 2.24) is 20.3 Å². The van der Waals surface area contributed by atoms with Gasteiger partial charge in [0.15, 0.2) is 0 Å². The molecule has 1 aliphatic heterocycles. The summed E-state index contributed by atoms with van der Waals surface area (Å²) in [7, 11) is -0.704. The van der Waals surface area contributed by atoms with Crippen LogP contribution < -0.4 is 11.1 Å². The summed E-state index contributed by atoms with van der Waals surface area (Å²) in [6.45, 7) is 0.461. The number of nitrogens with two attached hydrogens (primary N) is 1. The second-order valence-corrected chi connectivity index (χ2v) is 6.00. The van der Waals surface area contributed by atoms with Gasteiger partial charge in [0.2, 0.25) is 5.91 Å². The first-order valence-electron chi connectivity index (χ1n) is 5.91. The van der Waals surface area contributed by atoms with Crippen molar-refractivity contribution in [1.29, 1.82) is 0 Å². The van der Waals surface area contributed by atoms with Gasteiger partial charge in [-0.1, -0.05) is 5.21 Å². The number of hydrogen-bond acceptors (Lipinski definition) is 5. The van der Waals surface area contributed by atoms with Crippen molar-refractivity contribution in [3.05, 3.63) is 11.9 Å². The molecule has 0 spiro atoms. The van der Waals surface area contributed by atoms with Crippen LogP contribution in [-0.4, -0.2) is 42.7 Å². The molecule has 0 bridgehead atoms. The molecule has 8 heteroatoms. The molecule has 0 aromatic carbocycles. The van der Waals surface area contributed by atoms with Crippen LogP contribution in [-0.2, 0) is 28.7 Å². The minimum atomic E-state index is -0.704. The topological polar surface area (TPSA) is 103 Å². The fourth-order valence-electron chi connectivity index (χ4n) is 1.87. The Hall–Kier alpha value is -1.28. The third-order valence-electron chi connectivity index (χ3n) is 2.85. The zero-order valence-electron chi connectivity index (χ0n) is 10.0. The predicted octanol–water partition coefficient (Wildman–Crippen LogP) is -1.24. The van der Waals surface area contributed by atoms with Crippen LogP contribution >= 0.6 is 0 Å². The number of carbonyl (C=O) groups excluding carboxylic acids is 1. The van der Waals surface area contributed by atoms with Gasteiger partial charge in [-0.25, -0.2) is 4.68 Å². The van der Waals surface area contributed by atoms with Gasteiger partial charge in [-0.15, -0.1) is 5.10 Å². The number of rotatable bonds is 4. The third kappa shape index (κ3) is 3.61. The first-order valence-corrected chi connectivity index (χ1v) is 7.39. The lowest BCUT2D eigenvalue weighted by Crippen LogP contribution is -2.41. The van der Waals surface area contributed by atoms with E-state index in [2.05, 4.69) is 15.6 Å². The quantitative estimate of drug-likeness (QED) is 0.713. The van der Waals surface area contributed by atoms with Crippen LogP contribution in [0.1, 0.15) is 18.5 Å². The highest BCUT2D eigenvalue weighted by molar-refractivity contribution is 7.85. The highest BCUT2D eigenvalue weighted by Gasteiger charge is 2.19. The van der Waals surface area contributed by atoms with Gasteiger partial charge in [-0.3, -0.25) is 9.00 Å². The number of aromatic nitrogens is 3. The number of nitrogens with zero attached hydrogens (tertiary/aromatic N) is 3. The van der Waals surface area contributed by atoms with Gasteiger partial charge in [-0.2, -0.15) is 0 Å². The van der Waals surface area contributed by atoms with Crippen LogP contribution in [0, 0.1) is 0 Å². The summed E-state index contributed by atoms with van der Waals surface area (Å²) >= 11 is 0. The van der Waals surface area contributed by atoms with Gasteiger partial charge < -0.3 is 11.1 Å². The molecule has 0 radical (unpaired) electrons. The largest absolute Gasteiger partial charge is 0.352 e. The molecule has 0 unspecified atom stereocenters. The van der Waals surface area contributed by atoms with Crippen LogP contribution in [0.5, 0.6) is 0 Å². The number of nitrogens with one attached hydrogen (secondary N) is 1. The van der Waals surface area contributed by atoms with E-state index in [-0.39, 0.29) is 18.5 Å². The molecule has 1 aromatic rings. The van der Waals surface area contributed by atoms with Crippen LogP contribution in [0.15, 0.2) is 6.20 Å². The summed E-state index contributed by atoms with van der Waals surface area (Å²) in [5.41, 5.74) is 6.07. The van der Waals surface area contributed by atoms with E-state index >= 15 is 0 Å². The van der Waals surface area contributed by atoms with E-state index in [0.717, 1.165) is 12.8 Å². The summed E-state index contributed by atoms with van der Waals surface area (Å²) in [6.07, 6.45) is 3.23. The predicted molar refractivity (Wildman–Crippen MR) is 67.0 cm³/mol. The summed E-state index contributed by atoms with van der Waals surface area (Å²) in [4.78, 5) is 11.8. The van der Waals surface area contributed by atoms with Gasteiger partial charge in [0.05, 0.1) is 11.9 Å². The van der Waals surface area contributed by atoms with Crippen molar-refractivity contribution >= 4 is 16.7 Å². The van der Waals surface area contributed by atoms with Crippen LogP contribution in [0.2, 0.25) is 0 Å². The number of hydrogen-bond donors (Lipinski definition) is 2. The number of carbonyl (C=O) groups is 1. The minimum Gasteiger partial charge on any atom is -0.352 e. The Kier molecular flexibility index (Phi) is 4.43. The Balaban J connectivity index is 1.79. The fourth-order valence-corrected chi connectivity index (χ4v) is 3.17. The maximum atomic E-state index is 11.8. The van der Waals surface area contributed by atoms with Crippen molar-refractivity contribution in [3.8, 4) is 0 Å².